The zero-order chi connectivity index (χ0) is 17.6. The van der Waals surface area contributed by atoms with Crippen LogP contribution in [0.2, 0.25) is 0 Å². The summed E-state index contributed by atoms with van der Waals surface area (Å²) >= 11 is 13.0. The van der Waals surface area contributed by atoms with Crippen LogP contribution in [0, 0.1) is 0 Å². The highest BCUT2D eigenvalue weighted by molar-refractivity contribution is 6.52. The van der Waals surface area contributed by atoms with Gasteiger partial charge in [0.15, 0.2) is 5.60 Å². The van der Waals surface area contributed by atoms with Crippen LogP contribution in [0.3, 0.4) is 0 Å². The molecule has 2 aromatic rings. The fraction of sp³-hybridized carbons (Fsp3) is 0.316. The lowest BCUT2D eigenvalue weighted by atomic mass is 9.88. The third-order valence-electron chi connectivity index (χ3n) is 4.49. The number of hydrogen-bond donors (Lipinski definition) is 1. The van der Waals surface area contributed by atoms with E-state index in [0.717, 1.165) is 11.1 Å². The van der Waals surface area contributed by atoms with E-state index in [1.165, 1.54) is 13.8 Å². The van der Waals surface area contributed by atoms with Crippen LogP contribution in [-0.4, -0.2) is 21.0 Å². The van der Waals surface area contributed by atoms with E-state index in [1.54, 1.807) is 12.1 Å². The standard InChI is InChI=1S/C19H18Cl2O3/c1-17(2,16(22)23)24-15-10-8-14(9-11-15)18(12-19(18,20)21)13-6-4-3-5-7-13/h3-11H,12H2,1-2H3,(H,22,23). The number of halogens is 2. The topological polar surface area (TPSA) is 46.5 Å². The number of ether oxygens (including phenoxy) is 1. The maximum Gasteiger partial charge on any atom is 0.347 e. The van der Waals surface area contributed by atoms with Gasteiger partial charge in [-0.3, -0.25) is 0 Å². The first-order valence-corrected chi connectivity index (χ1v) is 8.41. The van der Waals surface area contributed by atoms with Crippen molar-refractivity contribution in [1.82, 2.24) is 0 Å². The van der Waals surface area contributed by atoms with E-state index in [0.29, 0.717) is 12.2 Å². The van der Waals surface area contributed by atoms with Crippen LogP contribution in [0.25, 0.3) is 0 Å². The van der Waals surface area contributed by atoms with E-state index in [4.69, 9.17) is 33.0 Å². The third kappa shape index (κ3) is 2.76. The van der Waals surface area contributed by atoms with Crippen molar-refractivity contribution in [2.75, 3.05) is 0 Å². The highest BCUT2D eigenvalue weighted by atomic mass is 35.5. The van der Waals surface area contributed by atoms with E-state index in [-0.39, 0.29) is 0 Å². The van der Waals surface area contributed by atoms with Crippen LogP contribution in [0.5, 0.6) is 5.75 Å². The lowest BCUT2D eigenvalue weighted by Gasteiger charge is -2.23. The first kappa shape index (κ1) is 17.1. The van der Waals surface area contributed by atoms with Crippen LogP contribution in [0.15, 0.2) is 54.6 Å². The van der Waals surface area contributed by atoms with E-state index in [2.05, 4.69) is 0 Å². The SMILES string of the molecule is CC(C)(Oc1ccc(C2(c3ccccc3)CC2(Cl)Cl)cc1)C(=O)O. The van der Waals surface area contributed by atoms with Crippen molar-refractivity contribution in [3.8, 4) is 5.75 Å². The summed E-state index contributed by atoms with van der Waals surface area (Å²) in [7, 11) is 0. The molecule has 1 N–H and O–H groups in total. The largest absolute Gasteiger partial charge is 0.478 e. The molecule has 0 aromatic heterocycles. The van der Waals surface area contributed by atoms with Crippen LogP contribution in [0.4, 0.5) is 0 Å². The molecule has 0 radical (unpaired) electrons. The number of carboxylic acid groups (broad SMARTS) is 1. The van der Waals surface area contributed by atoms with Gasteiger partial charge in [-0.15, -0.1) is 23.2 Å². The molecule has 1 saturated carbocycles. The average molecular weight is 365 g/mol. The Kier molecular flexibility index (Phi) is 4.05. The van der Waals surface area contributed by atoms with Gasteiger partial charge in [-0.05, 0) is 43.5 Å². The van der Waals surface area contributed by atoms with E-state index >= 15 is 0 Å². The number of carboxylic acids is 1. The second kappa shape index (κ2) is 5.68. The molecular weight excluding hydrogens is 347 g/mol. The Hall–Kier alpha value is -1.71. The van der Waals surface area contributed by atoms with E-state index in [1.807, 2.05) is 42.5 Å². The van der Waals surface area contributed by atoms with Crippen molar-refractivity contribution in [2.24, 2.45) is 0 Å². The summed E-state index contributed by atoms with van der Waals surface area (Å²) in [5, 5.41) is 9.15. The highest BCUT2D eigenvalue weighted by Crippen LogP contribution is 2.68. The van der Waals surface area contributed by atoms with Gasteiger partial charge in [0.05, 0.1) is 5.41 Å². The predicted octanol–water partition coefficient (Wildman–Crippen LogP) is 4.79. The van der Waals surface area contributed by atoms with Crippen molar-refractivity contribution in [3.63, 3.8) is 0 Å². The maximum absolute atomic E-state index is 11.2. The molecule has 5 heteroatoms. The monoisotopic (exact) mass is 364 g/mol. The Morgan fingerprint density at radius 1 is 1.04 bits per heavy atom. The first-order valence-electron chi connectivity index (χ1n) is 7.65. The Labute approximate surface area is 151 Å². The van der Waals surface area contributed by atoms with Crippen LogP contribution < -0.4 is 4.74 Å². The van der Waals surface area contributed by atoms with Crippen molar-refractivity contribution < 1.29 is 14.6 Å². The van der Waals surface area contributed by atoms with Gasteiger partial charge in [0.1, 0.15) is 10.1 Å². The van der Waals surface area contributed by atoms with Crippen molar-refractivity contribution in [1.29, 1.82) is 0 Å². The van der Waals surface area contributed by atoms with E-state index in [9.17, 15) is 4.79 Å². The lowest BCUT2D eigenvalue weighted by Crippen LogP contribution is -2.37. The minimum Gasteiger partial charge on any atom is -0.478 e. The molecule has 0 aliphatic heterocycles. The predicted molar refractivity (Wildman–Crippen MR) is 95.1 cm³/mol. The molecule has 3 rings (SSSR count). The number of carbonyl (C=O) groups is 1. The Bertz CT molecular complexity index is 754. The summed E-state index contributed by atoms with van der Waals surface area (Å²) in [6.07, 6.45) is 0.633. The second-order valence-corrected chi connectivity index (χ2v) is 8.08. The molecule has 0 spiro atoms. The first-order chi connectivity index (χ1) is 11.2. The quantitative estimate of drug-likeness (QED) is 0.775. The number of rotatable bonds is 5. The summed E-state index contributed by atoms with van der Waals surface area (Å²) in [4.78, 5) is 11.2. The number of alkyl halides is 2. The van der Waals surface area contributed by atoms with Gasteiger partial charge < -0.3 is 9.84 Å². The molecule has 1 unspecified atom stereocenters. The second-order valence-electron chi connectivity index (χ2n) is 6.59. The summed E-state index contributed by atoms with van der Waals surface area (Å²) in [5.74, 6) is -0.528. The molecule has 0 bridgehead atoms. The number of aliphatic carboxylic acids is 1. The Balaban J connectivity index is 1.92. The van der Waals surface area contributed by atoms with Gasteiger partial charge in [-0.2, -0.15) is 0 Å². The van der Waals surface area contributed by atoms with E-state index < -0.39 is 21.3 Å². The zero-order valence-electron chi connectivity index (χ0n) is 13.4. The fourth-order valence-electron chi connectivity index (χ4n) is 2.95. The fourth-order valence-corrected chi connectivity index (χ4v) is 3.79. The minimum absolute atomic E-state index is 0.446. The maximum atomic E-state index is 11.2. The Morgan fingerprint density at radius 3 is 2.00 bits per heavy atom. The molecule has 1 aliphatic rings. The average Bonchev–Trinajstić information content (AvgIpc) is 3.12. The third-order valence-corrected chi connectivity index (χ3v) is 5.40. The van der Waals surface area contributed by atoms with Crippen molar-refractivity contribution in [2.45, 2.75) is 35.6 Å². The number of hydrogen-bond acceptors (Lipinski definition) is 2. The van der Waals surface area contributed by atoms with Gasteiger partial charge in [-0.25, -0.2) is 4.79 Å². The highest BCUT2D eigenvalue weighted by Gasteiger charge is 2.68. The van der Waals surface area contributed by atoms with Gasteiger partial charge >= 0.3 is 5.97 Å². The lowest BCUT2D eigenvalue weighted by molar-refractivity contribution is -0.152. The zero-order valence-corrected chi connectivity index (χ0v) is 14.9. The summed E-state index contributed by atoms with van der Waals surface area (Å²) < 4.78 is 4.69. The van der Waals surface area contributed by atoms with Crippen LogP contribution in [0.1, 0.15) is 31.4 Å². The van der Waals surface area contributed by atoms with Gasteiger partial charge in [0.2, 0.25) is 0 Å². The molecule has 3 nitrogen and oxygen atoms in total. The molecule has 0 heterocycles. The van der Waals surface area contributed by atoms with Gasteiger partial charge in [-0.1, -0.05) is 42.5 Å². The molecular formula is C19H18Cl2O3. The Morgan fingerprint density at radius 2 is 1.54 bits per heavy atom. The molecule has 24 heavy (non-hydrogen) atoms. The number of benzene rings is 2. The van der Waals surface area contributed by atoms with Crippen LogP contribution >= 0.6 is 23.2 Å². The molecule has 0 amide bonds. The minimum atomic E-state index is -1.29. The van der Waals surface area contributed by atoms with Crippen LogP contribution in [-0.2, 0) is 10.2 Å². The molecule has 2 aromatic carbocycles. The molecule has 126 valence electrons. The summed E-state index contributed by atoms with van der Waals surface area (Å²) in [5.41, 5.74) is 0.313. The molecule has 1 fully saturated rings. The van der Waals surface area contributed by atoms with Crippen molar-refractivity contribution >= 4 is 29.2 Å². The smallest absolute Gasteiger partial charge is 0.347 e. The normalized spacial score (nSPS) is 22.0. The van der Waals surface area contributed by atoms with Gasteiger partial charge in [0, 0.05) is 0 Å². The summed E-state index contributed by atoms with van der Waals surface area (Å²) in [6.45, 7) is 3.02. The van der Waals surface area contributed by atoms with Crippen molar-refractivity contribution in [3.05, 3.63) is 65.7 Å². The van der Waals surface area contributed by atoms with Gasteiger partial charge in [0.25, 0.3) is 0 Å². The summed E-state index contributed by atoms with van der Waals surface area (Å²) in [6, 6.07) is 17.2. The molecule has 1 atom stereocenters. The molecule has 1 aliphatic carbocycles. The molecule has 0 saturated heterocycles.